The monoisotopic (exact) mass is 874 g/mol. The first-order valence-electron chi connectivity index (χ1n) is 27.6. The molecule has 0 rings (SSSR count). The molecule has 366 valence electrons. The molecule has 2 atom stereocenters. The third-order valence-corrected chi connectivity index (χ3v) is 12.8. The smallest absolute Gasteiger partial charge is 0.305 e. The van der Waals surface area contributed by atoms with Crippen LogP contribution < -0.4 is 5.32 Å². The van der Waals surface area contributed by atoms with Crippen molar-refractivity contribution in [2.24, 2.45) is 0 Å². The molecule has 0 aliphatic heterocycles. The minimum absolute atomic E-state index is 0.0317. The third kappa shape index (κ3) is 47.8. The molecule has 0 aliphatic rings. The molecule has 6 heteroatoms. The first-order chi connectivity index (χ1) is 30.5. The zero-order chi connectivity index (χ0) is 45.1. The van der Waals surface area contributed by atoms with E-state index < -0.39 is 12.1 Å². The molecule has 0 aromatic rings. The number of unbranched alkanes of at least 4 members (excludes halogenated alkanes) is 36. The lowest BCUT2D eigenvalue weighted by molar-refractivity contribution is -0.143. The van der Waals surface area contributed by atoms with Gasteiger partial charge in [0.15, 0.2) is 0 Å². The van der Waals surface area contributed by atoms with Crippen molar-refractivity contribution in [1.29, 1.82) is 0 Å². The number of aliphatic hydroxyl groups is 2. The average Bonchev–Trinajstić information content (AvgIpc) is 3.27. The largest absolute Gasteiger partial charge is 0.466 e. The van der Waals surface area contributed by atoms with E-state index in [-0.39, 0.29) is 18.5 Å². The highest BCUT2D eigenvalue weighted by molar-refractivity contribution is 5.76. The van der Waals surface area contributed by atoms with Crippen LogP contribution in [0, 0.1) is 0 Å². The van der Waals surface area contributed by atoms with Crippen LogP contribution >= 0.6 is 0 Å². The molecule has 0 aromatic carbocycles. The number of nitrogens with one attached hydrogen (secondary N) is 1. The van der Waals surface area contributed by atoms with E-state index >= 15 is 0 Å². The minimum atomic E-state index is -0.683. The molecule has 0 fully saturated rings. The Kier molecular flexibility index (Phi) is 50.6. The Balaban J connectivity index is 3.48. The van der Waals surface area contributed by atoms with Gasteiger partial charge in [0.05, 0.1) is 25.4 Å². The summed E-state index contributed by atoms with van der Waals surface area (Å²) in [7, 11) is 0. The number of ether oxygens (including phenoxy) is 1. The van der Waals surface area contributed by atoms with Crippen molar-refractivity contribution in [3.05, 3.63) is 24.3 Å². The summed E-state index contributed by atoms with van der Waals surface area (Å²) in [6, 6.07) is -0.563. The number of amides is 1. The topological polar surface area (TPSA) is 95.9 Å². The lowest BCUT2D eigenvalue weighted by atomic mass is 10.0. The van der Waals surface area contributed by atoms with Crippen molar-refractivity contribution in [3.8, 4) is 0 Å². The van der Waals surface area contributed by atoms with E-state index in [1.54, 1.807) is 0 Å². The SMILES string of the molecule is CCCCCC/C=C\C/C=C\CCCCCCCCCC(=O)OCCCCCCCCCCCC(=O)NC(CO)C(O)CCCCCCCCCCCCCCCCCCCC. The molecular formula is C56H107NO5. The maximum Gasteiger partial charge on any atom is 0.305 e. The lowest BCUT2D eigenvalue weighted by Gasteiger charge is -2.22. The van der Waals surface area contributed by atoms with Crippen LogP contribution in [0.5, 0.6) is 0 Å². The van der Waals surface area contributed by atoms with Crippen LogP contribution in [0.2, 0.25) is 0 Å². The quantitative estimate of drug-likeness (QED) is 0.0321. The van der Waals surface area contributed by atoms with Gasteiger partial charge in [-0.05, 0) is 57.8 Å². The van der Waals surface area contributed by atoms with E-state index in [4.69, 9.17) is 4.74 Å². The Morgan fingerprint density at radius 1 is 0.452 bits per heavy atom. The first-order valence-corrected chi connectivity index (χ1v) is 27.6. The summed E-state index contributed by atoms with van der Waals surface area (Å²) in [5, 5.41) is 23.3. The highest BCUT2D eigenvalue weighted by Gasteiger charge is 2.20. The molecule has 0 aromatic heterocycles. The van der Waals surface area contributed by atoms with Gasteiger partial charge in [-0.25, -0.2) is 0 Å². The molecule has 0 radical (unpaired) electrons. The number of carbonyl (C=O) groups excluding carboxylic acids is 2. The molecule has 1 amide bonds. The fourth-order valence-corrected chi connectivity index (χ4v) is 8.49. The fourth-order valence-electron chi connectivity index (χ4n) is 8.49. The van der Waals surface area contributed by atoms with E-state index in [2.05, 4.69) is 43.5 Å². The van der Waals surface area contributed by atoms with Crippen LogP contribution in [-0.2, 0) is 14.3 Å². The van der Waals surface area contributed by atoms with Crippen molar-refractivity contribution in [3.63, 3.8) is 0 Å². The summed E-state index contributed by atoms with van der Waals surface area (Å²) in [5.74, 6) is -0.0930. The van der Waals surface area contributed by atoms with E-state index in [0.29, 0.717) is 25.9 Å². The minimum Gasteiger partial charge on any atom is -0.466 e. The van der Waals surface area contributed by atoms with E-state index in [1.807, 2.05) is 0 Å². The highest BCUT2D eigenvalue weighted by atomic mass is 16.5. The van der Waals surface area contributed by atoms with Crippen molar-refractivity contribution in [2.75, 3.05) is 13.2 Å². The molecule has 0 bridgehead atoms. The first kappa shape index (κ1) is 60.3. The second-order valence-electron chi connectivity index (χ2n) is 18.9. The van der Waals surface area contributed by atoms with Gasteiger partial charge in [-0.2, -0.15) is 0 Å². The number of rotatable bonds is 51. The standard InChI is InChI=1S/C56H107NO5/c1-3-5-7-9-11-13-15-17-19-21-23-25-27-29-32-36-40-44-48-54(59)53(52-58)57-55(60)49-45-41-37-33-31-35-39-43-47-51-62-56(61)50-46-42-38-34-30-28-26-24-22-20-18-16-14-12-10-8-6-4-2/h14,16,20,22,53-54,58-59H,3-13,15,17-19,21,23-52H2,1-2H3,(H,57,60)/b16-14-,22-20-. The Labute approximate surface area is 386 Å². The molecular weight excluding hydrogens is 767 g/mol. The van der Waals surface area contributed by atoms with Gasteiger partial charge in [0.1, 0.15) is 0 Å². The summed E-state index contributed by atoms with van der Waals surface area (Å²) in [5.41, 5.74) is 0. The van der Waals surface area contributed by atoms with Gasteiger partial charge < -0.3 is 20.3 Å². The second kappa shape index (κ2) is 52.0. The molecule has 6 nitrogen and oxygen atoms in total. The van der Waals surface area contributed by atoms with Crippen molar-refractivity contribution in [1.82, 2.24) is 5.32 Å². The Morgan fingerprint density at radius 3 is 1.24 bits per heavy atom. The van der Waals surface area contributed by atoms with Crippen molar-refractivity contribution < 1.29 is 24.5 Å². The Morgan fingerprint density at radius 2 is 0.806 bits per heavy atom. The van der Waals surface area contributed by atoms with Crippen molar-refractivity contribution >= 4 is 11.9 Å². The summed E-state index contributed by atoms with van der Waals surface area (Å²) in [6.07, 6.45) is 61.5. The third-order valence-electron chi connectivity index (χ3n) is 12.8. The van der Waals surface area contributed by atoms with Gasteiger partial charge in [0.25, 0.3) is 0 Å². The Hall–Kier alpha value is -1.66. The number of hydrogen-bond acceptors (Lipinski definition) is 5. The normalized spacial score (nSPS) is 12.8. The van der Waals surface area contributed by atoms with Gasteiger partial charge in [-0.15, -0.1) is 0 Å². The average molecular weight is 874 g/mol. The number of allylic oxidation sites excluding steroid dienone is 4. The maximum atomic E-state index is 12.5. The molecule has 0 saturated heterocycles. The second-order valence-corrected chi connectivity index (χ2v) is 18.9. The van der Waals surface area contributed by atoms with Crippen LogP contribution in [0.15, 0.2) is 24.3 Å². The van der Waals surface area contributed by atoms with Gasteiger partial charge in [-0.1, -0.05) is 250 Å². The maximum absolute atomic E-state index is 12.5. The summed E-state index contributed by atoms with van der Waals surface area (Å²) >= 11 is 0. The van der Waals surface area contributed by atoms with Gasteiger partial charge in [-0.3, -0.25) is 9.59 Å². The highest BCUT2D eigenvalue weighted by Crippen LogP contribution is 2.17. The summed E-state index contributed by atoms with van der Waals surface area (Å²) in [4.78, 5) is 24.5. The van der Waals surface area contributed by atoms with Gasteiger partial charge in [0.2, 0.25) is 5.91 Å². The Bertz CT molecular complexity index is 966. The zero-order valence-corrected chi connectivity index (χ0v) is 41.6. The predicted molar refractivity (Wildman–Crippen MR) is 269 cm³/mol. The molecule has 0 heterocycles. The fraction of sp³-hybridized carbons (Fsp3) is 0.893. The van der Waals surface area contributed by atoms with E-state index in [1.165, 1.54) is 199 Å². The molecule has 0 spiro atoms. The van der Waals surface area contributed by atoms with Crippen molar-refractivity contribution in [2.45, 2.75) is 309 Å². The number of esters is 1. The van der Waals surface area contributed by atoms with Crippen LogP contribution in [0.4, 0.5) is 0 Å². The number of aliphatic hydroxyl groups excluding tert-OH is 2. The van der Waals surface area contributed by atoms with Crippen LogP contribution in [0.25, 0.3) is 0 Å². The zero-order valence-electron chi connectivity index (χ0n) is 41.6. The summed E-state index contributed by atoms with van der Waals surface area (Å²) < 4.78 is 5.46. The van der Waals surface area contributed by atoms with E-state index in [9.17, 15) is 19.8 Å². The van der Waals surface area contributed by atoms with Crippen LogP contribution in [0.1, 0.15) is 296 Å². The lowest BCUT2D eigenvalue weighted by Crippen LogP contribution is -2.45. The molecule has 0 aliphatic carbocycles. The molecule has 0 saturated carbocycles. The van der Waals surface area contributed by atoms with Gasteiger partial charge >= 0.3 is 5.97 Å². The molecule has 62 heavy (non-hydrogen) atoms. The van der Waals surface area contributed by atoms with Crippen LogP contribution in [-0.4, -0.2) is 47.4 Å². The van der Waals surface area contributed by atoms with Crippen LogP contribution in [0.3, 0.4) is 0 Å². The number of carbonyl (C=O) groups is 2. The molecule has 3 N–H and O–H groups in total. The van der Waals surface area contributed by atoms with E-state index in [0.717, 1.165) is 64.2 Å². The number of hydrogen-bond donors (Lipinski definition) is 3. The predicted octanol–water partition coefficient (Wildman–Crippen LogP) is 16.7. The van der Waals surface area contributed by atoms with Gasteiger partial charge in [0, 0.05) is 12.8 Å². The summed E-state index contributed by atoms with van der Waals surface area (Å²) in [6.45, 7) is 4.88. The molecule has 2 unspecified atom stereocenters.